The minimum atomic E-state index is -0.401. The van der Waals surface area contributed by atoms with Crippen LogP contribution in [0.1, 0.15) is 24.4 Å². The van der Waals surface area contributed by atoms with E-state index in [2.05, 4.69) is 15.1 Å². The molecule has 0 aliphatic carbocycles. The molecule has 0 bridgehead atoms. The summed E-state index contributed by atoms with van der Waals surface area (Å²) in [7, 11) is 0. The molecule has 144 valence electrons. The topological polar surface area (TPSA) is 72.1 Å². The Kier molecular flexibility index (Phi) is 5.41. The number of aromatic nitrogens is 3. The van der Waals surface area contributed by atoms with Gasteiger partial charge in [0.1, 0.15) is 5.82 Å². The van der Waals surface area contributed by atoms with Crippen molar-refractivity contribution in [2.24, 2.45) is 5.92 Å². The first-order chi connectivity index (χ1) is 13.7. The molecule has 7 heteroatoms. The van der Waals surface area contributed by atoms with Crippen molar-refractivity contribution in [3.8, 4) is 11.4 Å². The van der Waals surface area contributed by atoms with Crippen molar-refractivity contribution in [3.63, 3.8) is 0 Å². The average Bonchev–Trinajstić information content (AvgIpc) is 3.37. The largest absolute Gasteiger partial charge is 0.342 e. The number of rotatable bonds is 6. The Morgan fingerprint density at radius 3 is 2.89 bits per heavy atom. The van der Waals surface area contributed by atoms with Gasteiger partial charge in [0.15, 0.2) is 0 Å². The lowest BCUT2D eigenvalue weighted by molar-refractivity contribution is -0.130. The molecule has 4 rings (SSSR count). The molecule has 0 spiro atoms. The number of halogens is 1. The van der Waals surface area contributed by atoms with Gasteiger partial charge in [0.25, 0.3) is 0 Å². The third kappa shape index (κ3) is 4.24. The van der Waals surface area contributed by atoms with Crippen LogP contribution in [0.2, 0.25) is 0 Å². The predicted octanol–water partition coefficient (Wildman–Crippen LogP) is 3.29. The monoisotopic (exact) mass is 380 g/mol. The van der Waals surface area contributed by atoms with Crippen molar-refractivity contribution in [3.05, 3.63) is 66.1 Å². The second kappa shape index (κ2) is 8.29. The Labute approximate surface area is 162 Å². The quantitative estimate of drug-likeness (QED) is 0.656. The van der Waals surface area contributed by atoms with Crippen molar-refractivity contribution < 1.29 is 13.7 Å². The average molecular weight is 380 g/mol. The van der Waals surface area contributed by atoms with Crippen LogP contribution in [0, 0.1) is 11.7 Å². The molecule has 0 radical (unpaired) electrons. The van der Waals surface area contributed by atoms with Gasteiger partial charge >= 0.3 is 0 Å². The zero-order valence-electron chi connectivity index (χ0n) is 15.4. The maximum atomic E-state index is 13.8. The van der Waals surface area contributed by atoms with E-state index in [1.54, 1.807) is 24.4 Å². The van der Waals surface area contributed by atoms with E-state index in [0.717, 1.165) is 31.6 Å². The van der Waals surface area contributed by atoms with Crippen LogP contribution >= 0.6 is 0 Å². The van der Waals surface area contributed by atoms with Gasteiger partial charge in [0.05, 0.1) is 5.56 Å². The van der Waals surface area contributed by atoms with Crippen LogP contribution in [0.5, 0.6) is 0 Å². The third-order valence-corrected chi connectivity index (χ3v) is 5.00. The highest BCUT2D eigenvalue weighted by molar-refractivity contribution is 5.76. The SMILES string of the molecule is O=C(CCc1nc(-c2ccccc2F)no1)N1CCC(Cc2ccccn2)C1. The number of benzene rings is 1. The van der Waals surface area contributed by atoms with E-state index in [4.69, 9.17) is 4.52 Å². The summed E-state index contributed by atoms with van der Waals surface area (Å²) in [5.41, 5.74) is 1.36. The van der Waals surface area contributed by atoms with Crippen molar-refractivity contribution in [1.29, 1.82) is 0 Å². The summed E-state index contributed by atoms with van der Waals surface area (Å²) in [5, 5.41) is 3.82. The summed E-state index contributed by atoms with van der Waals surface area (Å²) < 4.78 is 19.0. The van der Waals surface area contributed by atoms with Crippen LogP contribution in [0.25, 0.3) is 11.4 Å². The number of pyridine rings is 1. The standard InChI is InChI=1S/C21H21FN4O2/c22-18-7-2-1-6-17(18)21-24-19(28-25-21)8-9-20(27)26-12-10-15(14-26)13-16-5-3-4-11-23-16/h1-7,11,15H,8-10,12-14H2. The summed E-state index contributed by atoms with van der Waals surface area (Å²) in [6.45, 7) is 1.51. The van der Waals surface area contributed by atoms with E-state index in [1.165, 1.54) is 6.07 Å². The van der Waals surface area contributed by atoms with Crippen LogP contribution in [-0.4, -0.2) is 39.0 Å². The predicted molar refractivity (Wildman–Crippen MR) is 101 cm³/mol. The summed E-state index contributed by atoms with van der Waals surface area (Å²) in [4.78, 5) is 23.0. The normalized spacial score (nSPS) is 16.5. The van der Waals surface area contributed by atoms with E-state index in [1.807, 2.05) is 23.1 Å². The molecule has 1 amide bonds. The zero-order chi connectivity index (χ0) is 19.3. The highest BCUT2D eigenvalue weighted by atomic mass is 19.1. The van der Waals surface area contributed by atoms with Crippen molar-refractivity contribution >= 4 is 5.91 Å². The van der Waals surface area contributed by atoms with Gasteiger partial charge in [-0.1, -0.05) is 23.4 Å². The zero-order valence-corrected chi connectivity index (χ0v) is 15.4. The number of nitrogens with zero attached hydrogens (tertiary/aromatic N) is 4. The molecule has 1 aliphatic heterocycles. The number of likely N-dealkylation sites (tertiary alicyclic amines) is 1. The maximum absolute atomic E-state index is 13.8. The van der Waals surface area contributed by atoms with E-state index in [-0.39, 0.29) is 11.7 Å². The van der Waals surface area contributed by atoms with Crippen LogP contribution < -0.4 is 0 Å². The number of carbonyl (C=O) groups excluding carboxylic acids is 1. The van der Waals surface area contributed by atoms with Gasteiger partial charge in [0.2, 0.25) is 17.6 Å². The molecule has 1 aliphatic rings. The fourth-order valence-electron chi connectivity index (χ4n) is 3.52. The van der Waals surface area contributed by atoms with E-state index in [9.17, 15) is 9.18 Å². The lowest BCUT2D eigenvalue weighted by atomic mass is 10.0. The fraction of sp³-hybridized carbons (Fsp3) is 0.333. The van der Waals surface area contributed by atoms with Crippen LogP contribution in [0.4, 0.5) is 4.39 Å². The molecule has 1 aromatic carbocycles. The maximum Gasteiger partial charge on any atom is 0.227 e. The molecule has 3 heterocycles. The first-order valence-corrected chi connectivity index (χ1v) is 9.44. The van der Waals surface area contributed by atoms with Gasteiger partial charge in [-0.25, -0.2) is 4.39 Å². The smallest absolute Gasteiger partial charge is 0.227 e. The fourth-order valence-corrected chi connectivity index (χ4v) is 3.52. The number of carbonyl (C=O) groups is 1. The summed E-state index contributed by atoms with van der Waals surface area (Å²) in [6, 6.07) is 12.2. The Balaban J connectivity index is 1.29. The lowest BCUT2D eigenvalue weighted by Crippen LogP contribution is -2.29. The molecule has 3 aromatic rings. The van der Waals surface area contributed by atoms with E-state index in [0.29, 0.717) is 30.2 Å². The second-order valence-electron chi connectivity index (χ2n) is 7.01. The number of hydrogen-bond donors (Lipinski definition) is 0. The highest BCUT2D eigenvalue weighted by Gasteiger charge is 2.26. The molecular weight excluding hydrogens is 359 g/mol. The molecule has 0 N–H and O–H groups in total. The molecule has 2 aromatic heterocycles. The Bertz CT molecular complexity index is 944. The van der Waals surface area contributed by atoms with Gasteiger partial charge in [-0.2, -0.15) is 4.98 Å². The lowest BCUT2D eigenvalue weighted by Gasteiger charge is -2.16. The summed E-state index contributed by atoms with van der Waals surface area (Å²) in [5.74, 6) is 0.666. The minimum Gasteiger partial charge on any atom is -0.342 e. The first kappa shape index (κ1) is 18.3. The molecule has 6 nitrogen and oxygen atoms in total. The van der Waals surface area contributed by atoms with Gasteiger partial charge in [0, 0.05) is 37.8 Å². The Hall–Kier alpha value is -3.09. The molecular formula is C21H21FN4O2. The molecule has 0 saturated carbocycles. The third-order valence-electron chi connectivity index (χ3n) is 5.00. The number of hydrogen-bond acceptors (Lipinski definition) is 5. The minimum absolute atomic E-state index is 0.0779. The van der Waals surface area contributed by atoms with Crippen molar-refractivity contribution in [1.82, 2.24) is 20.0 Å². The van der Waals surface area contributed by atoms with Crippen LogP contribution in [0.3, 0.4) is 0 Å². The summed E-state index contributed by atoms with van der Waals surface area (Å²) in [6.07, 6.45) is 4.32. The highest BCUT2D eigenvalue weighted by Crippen LogP contribution is 2.22. The molecule has 28 heavy (non-hydrogen) atoms. The number of amides is 1. The first-order valence-electron chi connectivity index (χ1n) is 9.44. The molecule has 1 saturated heterocycles. The molecule has 1 unspecified atom stereocenters. The van der Waals surface area contributed by atoms with Crippen LogP contribution in [-0.2, 0) is 17.6 Å². The Morgan fingerprint density at radius 2 is 2.07 bits per heavy atom. The van der Waals surface area contributed by atoms with Crippen molar-refractivity contribution in [2.45, 2.75) is 25.7 Å². The second-order valence-corrected chi connectivity index (χ2v) is 7.01. The number of aryl methyl sites for hydroxylation is 1. The van der Waals surface area contributed by atoms with Gasteiger partial charge < -0.3 is 9.42 Å². The molecule has 1 fully saturated rings. The van der Waals surface area contributed by atoms with Crippen molar-refractivity contribution in [2.75, 3.05) is 13.1 Å². The van der Waals surface area contributed by atoms with E-state index >= 15 is 0 Å². The van der Waals surface area contributed by atoms with Gasteiger partial charge in [-0.15, -0.1) is 0 Å². The van der Waals surface area contributed by atoms with Gasteiger partial charge in [-0.05, 0) is 43.0 Å². The molecule has 1 atom stereocenters. The summed E-state index contributed by atoms with van der Waals surface area (Å²) >= 11 is 0. The van der Waals surface area contributed by atoms with E-state index < -0.39 is 5.82 Å². The Morgan fingerprint density at radius 1 is 1.21 bits per heavy atom. The van der Waals surface area contributed by atoms with Gasteiger partial charge in [-0.3, -0.25) is 9.78 Å². The van der Waals surface area contributed by atoms with Crippen LogP contribution in [0.15, 0.2) is 53.2 Å².